The Morgan fingerprint density at radius 3 is 2.89 bits per heavy atom. The maximum atomic E-state index is 3.58. The molecular formula is C17H22N2. The molecule has 1 saturated heterocycles. The Kier molecular flexibility index (Phi) is 3.81. The summed E-state index contributed by atoms with van der Waals surface area (Å²) in [6.07, 6.45) is 1.21. The second-order valence-corrected chi connectivity index (χ2v) is 5.43. The molecule has 2 nitrogen and oxygen atoms in total. The standard InChI is InChI=1S/C17H22N2/c1-2-16-13-19(11-10-18-16)12-15-8-5-7-14-6-3-4-9-17(14)15/h3-9,16,18H,2,10-13H2,1H3. The molecule has 0 bridgehead atoms. The van der Waals surface area contributed by atoms with Crippen molar-refractivity contribution >= 4 is 10.8 Å². The zero-order chi connectivity index (χ0) is 13.1. The van der Waals surface area contributed by atoms with Gasteiger partial charge in [-0.1, -0.05) is 49.4 Å². The third-order valence-electron chi connectivity index (χ3n) is 4.11. The fourth-order valence-corrected chi connectivity index (χ4v) is 2.98. The normalized spacial score (nSPS) is 20.8. The molecule has 1 aliphatic rings. The monoisotopic (exact) mass is 254 g/mol. The van der Waals surface area contributed by atoms with Gasteiger partial charge in [0.1, 0.15) is 0 Å². The lowest BCUT2D eigenvalue weighted by Crippen LogP contribution is -2.49. The molecule has 100 valence electrons. The molecule has 2 heteroatoms. The van der Waals surface area contributed by atoms with Crippen LogP contribution in [0.15, 0.2) is 42.5 Å². The quantitative estimate of drug-likeness (QED) is 0.905. The summed E-state index contributed by atoms with van der Waals surface area (Å²) in [5.74, 6) is 0. The average Bonchev–Trinajstić information content (AvgIpc) is 2.48. The minimum atomic E-state index is 0.656. The van der Waals surface area contributed by atoms with Gasteiger partial charge in [0, 0.05) is 32.2 Å². The van der Waals surface area contributed by atoms with Gasteiger partial charge in [-0.05, 0) is 22.8 Å². The van der Waals surface area contributed by atoms with Crippen molar-refractivity contribution in [3.8, 4) is 0 Å². The van der Waals surface area contributed by atoms with E-state index in [1.54, 1.807) is 0 Å². The number of benzene rings is 2. The molecule has 0 spiro atoms. The first-order valence-corrected chi connectivity index (χ1v) is 7.29. The van der Waals surface area contributed by atoms with Crippen molar-refractivity contribution in [3.63, 3.8) is 0 Å². The molecular weight excluding hydrogens is 232 g/mol. The molecule has 0 amide bonds. The molecule has 1 fully saturated rings. The van der Waals surface area contributed by atoms with Crippen molar-refractivity contribution in [2.75, 3.05) is 19.6 Å². The predicted octanol–water partition coefficient (Wildman–Crippen LogP) is 3.02. The van der Waals surface area contributed by atoms with Crippen LogP contribution in [0.3, 0.4) is 0 Å². The number of nitrogens with zero attached hydrogens (tertiary/aromatic N) is 1. The molecule has 2 aromatic carbocycles. The van der Waals surface area contributed by atoms with E-state index >= 15 is 0 Å². The molecule has 0 aromatic heterocycles. The Labute approximate surface area is 115 Å². The van der Waals surface area contributed by atoms with Gasteiger partial charge in [-0.3, -0.25) is 4.90 Å². The number of rotatable bonds is 3. The topological polar surface area (TPSA) is 15.3 Å². The van der Waals surface area contributed by atoms with Crippen molar-refractivity contribution in [1.29, 1.82) is 0 Å². The molecule has 1 N–H and O–H groups in total. The molecule has 1 unspecified atom stereocenters. The summed E-state index contributed by atoms with van der Waals surface area (Å²) in [4.78, 5) is 2.58. The summed E-state index contributed by atoms with van der Waals surface area (Å²) in [5.41, 5.74) is 1.45. The summed E-state index contributed by atoms with van der Waals surface area (Å²) >= 11 is 0. The third kappa shape index (κ3) is 2.80. The fourth-order valence-electron chi connectivity index (χ4n) is 2.98. The maximum Gasteiger partial charge on any atom is 0.0241 e. The van der Waals surface area contributed by atoms with Crippen molar-refractivity contribution in [1.82, 2.24) is 10.2 Å². The molecule has 1 heterocycles. The van der Waals surface area contributed by atoms with Gasteiger partial charge in [-0.2, -0.15) is 0 Å². The minimum Gasteiger partial charge on any atom is -0.311 e. The largest absolute Gasteiger partial charge is 0.311 e. The van der Waals surface area contributed by atoms with Gasteiger partial charge in [0.15, 0.2) is 0 Å². The van der Waals surface area contributed by atoms with Crippen LogP contribution in [0.5, 0.6) is 0 Å². The first kappa shape index (κ1) is 12.6. The molecule has 19 heavy (non-hydrogen) atoms. The van der Waals surface area contributed by atoms with Gasteiger partial charge < -0.3 is 5.32 Å². The van der Waals surface area contributed by atoms with Gasteiger partial charge >= 0.3 is 0 Å². The van der Waals surface area contributed by atoms with E-state index in [2.05, 4.69) is 59.6 Å². The summed E-state index contributed by atoms with van der Waals surface area (Å²) in [5, 5.41) is 6.33. The van der Waals surface area contributed by atoms with Gasteiger partial charge in [0.25, 0.3) is 0 Å². The SMILES string of the molecule is CCC1CN(Cc2cccc3ccccc23)CCN1. The van der Waals surface area contributed by atoms with Gasteiger partial charge in [-0.15, -0.1) is 0 Å². The second kappa shape index (κ2) is 5.72. The Balaban J connectivity index is 1.81. The predicted molar refractivity (Wildman–Crippen MR) is 81.3 cm³/mol. The summed E-state index contributed by atoms with van der Waals surface area (Å²) < 4.78 is 0. The lowest BCUT2D eigenvalue weighted by molar-refractivity contribution is 0.190. The molecule has 0 aliphatic carbocycles. The van der Waals surface area contributed by atoms with E-state index in [1.165, 1.54) is 29.3 Å². The van der Waals surface area contributed by atoms with Crippen LogP contribution in [0.2, 0.25) is 0 Å². The van der Waals surface area contributed by atoms with E-state index in [9.17, 15) is 0 Å². The highest BCUT2D eigenvalue weighted by Gasteiger charge is 2.18. The fraction of sp³-hybridized carbons (Fsp3) is 0.412. The van der Waals surface area contributed by atoms with Crippen LogP contribution in [0.25, 0.3) is 10.8 Å². The lowest BCUT2D eigenvalue weighted by atomic mass is 10.0. The van der Waals surface area contributed by atoms with Gasteiger partial charge in [0.2, 0.25) is 0 Å². The number of hydrogen-bond acceptors (Lipinski definition) is 2. The number of hydrogen-bond donors (Lipinski definition) is 1. The van der Waals surface area contributed by atoms with E-state index in [0.717, 1.165) is 19.6 Å². The first-order chi connectivity index (χ1) is 9.36. The maximum absolute atomic E-state index is 3.58. The molecule has 0 saturated carbocycles. The van der Waals surface area contributed by atoms with Crippen molar-refractivity contribution in [2.24, 2.45) is 0 Å². The highest BCUT2D eigenvalue weighted by molar-refractivity contribution is 5.85. The number of fused-ring (bicyclic) bond motifs is 1. The van der Waals surface area contributed by atoms with Crippen LogP contribution in [0.4, 0.5) is 0 Å². The lowest BCUT2D eigenvalue weighted by Gasteiger charge is -2.33. The molecule has 1 aliphatic heterocycles. The Hall–Kier alpha value is -1.38. The highest BCUT2D eigenvalue weighted by atomic mass is 15.2. The van der Waals surface area contributed by atoms with Crippen molar-refractivity contribution in [2.45, 2.75) is 25.9 Å². The van der Waals surface area contributed by atoms with Crippen LogP contribution >= 0.6 is 0 Å². The summed E-state index contributed by atoms with van der Waals surface area (Å²) in [7, 11) is 0. The van der Waals surface area contributed by atoms with Crippen LogP contribution in [-0.2, 0) is 6.54 Å². The Morgan fingerprint density at radius 2 is 2.00 bits per heavy atom. The van der Waals surface area contributed by atoms with Gasteiger partial charge in [-0.25, -0.2) is 0 Å². The summed E-state index contributed by atoms with van der Waals surface area (Å²) in [6.45, 7) is 6.77. The number of nitrogens with one attached hydrogen (secondary N) is 1. The van der Waals surface area contributed by atoms with E-state index in [4.69, 9.17) is 0 Å². The first-order valence-electron chi connectivity index (χ1n) is 7.29. The van der Waals surface area contributed by atoms with Crippen molar-refractivity contribution in [3.05, 3.63) is 48.0 Å². The smallest absolute Gasteiger partial charge is 0.0241 e. The third-order valence-corrected chi connectivity index (χ3v) is 4.11. The molecule has 2 aromatic rings. The van der Waals surface area contributed by atoms with Crippen LogP contribution < -0.4 is 5.32 Å². The highest BCUT2D eigenvalue weighted by Crippen LogP contribution is 2.20. The molecule has 3 rings (SSSR count). The number of piperazine rings is 1. The van der Waals surface area contributed by atoms with Crippen LogP contribution in [0.1, 0.15) is 18.9 Å². The second-order valence-electron chi connectivity index (χ2n) is 5.43. The van der Waals surface area contributed by atoms with Gasteiger partial charge in [0.05, 0.1) is 0 Å². The van der Waals surface area contributed by atoms with E-state index in [1.807, 2.05) is 0 Å². The molecule has 1 atom stereocenters. The zero-order valence-corrected chi connectivity index (χ0v) is 11.6. The molecule has 0 radical (unpaired) electrons. The van der Waals surface area contributed by atoms with Crippen LogP contribution in [0, 0.1) is 0 Å². The zero-order valence-electron chi connectivity index (χ0n) is 11.6. The summed E-state index contributed by atoms with van der Waals surface area (Å²) in [6, 6.07) is 16.0. The minimum absolute atomic E-state index is 0.656. The Morgan fingerprint density at radius 1 is 1.16 bits per heavy atom. The van der Waals surface area contributed by atoms with E-state index < -0.39 is 0 Å². The van der Waals surface area contributed by atoms with E-state index in [0.29, 0.717) is 6.04 Å². The average molecular weight is 254 g/mol. The Bertz CT molecular complexity index is 544. The van der Waals surface area contributed by atoms with E-state index in [-0.39, 0.29) is 0 Å². The van der Waals surface area contributed by atoms with Crippen molar-refractivity contribution < 1.29 is 0 Å². The van der Waals surface area contributed by atoms with Crippen LogP contribution in [-0.4, -0.2) is 30.6 Å².